The molecule has 0 aliphatic heterocycles. The molecule has 1 aromatic carbocycles. The molecule has 0 bridgehead atoms. The lowest BCUT2D eigenvalue weighted by atomic mass is 10.0. The van der Waals surface area contributed by atoms with Gasteiger partial charge in [0.25, 0.3) is 5.56 Å². The molecule has 0 fully saturated rings. The number of ether oxygens (including phenoxy) is 1. The minimum atomic E-state index is -4.50. The van der Waals surface area contributed by atoms with Crippen molar-refractivity contribution < 1.29 is 22.7 Å². The number of methoxy groups -OCH3 is 1. The number of nitrogens with zero attached hydrogens (tertiary/aromatic N) is 2. The number of halogens is 3. The van der Waals surface area contributed by atoms with Crippen LogP contribution in [0.1, 0.15) is 27.0 Å². The summed E-state index contributed by atoms with van der Waals surface area (Å²) in [6.45, 7) is 2.86. The molecule has 2 rings (SSSR count). The predicted octanol–water partition coefficient (Wildman–Crippen LogP) is 2.24. The zero-order valence-corrected chi connectivity index (χ0v) is 13.1. The number of esters is 1. The number of aromatic nitrogens is 2. The summed E-state index contributed by atoms with van der Waals surface area (Å²) in [5.74, 6) is -1.29. The van der Waals surface area contributed by atoms with Crippen LogP contribution < -0.4 is 11.3 Å². The Balaban J connectivity index is 2.75. The van der Waals surface area contributed by atoms with Crippen LogP contribution >= 0.6 is 0 Å². The van der Waals surface area contributed by atoms with Gasteiger partial charge in [-0.15, -0.1) is 0 Å². The highest BCUT2D eigenvalue weighted by Gasteiger charge is 2.31. The van der Waals surface area contributed by atoms with Crippen molar-refractivity contribution in [2.24, 2.45) is 0 Å². The number of hydrogen-bond donors (Lipinski definition) is 1. The molecule has 0 unspecified atom stereocenters. The monoisotopic (exact) mass is 341 g/mol. The Morgan fingerprint density at radius 3 is 2.25 bits per heavy atom. The molecular formula is C15H14F3N3O3. The SMILES string of the molecule is COC(=O)c1c(N)ncn(-c2c(C)cc(C(F)(F)F)cc2C)c1=O. The first-order chi connectivity index (χ1) is 11.1. The highest BCUT2D eigenvalue weighted by atomic mass is 19.4. The minimum Gasteiger partial charge on any atom is -0.465 e. The maximum atomic E-state index is 12.9. The van der Waals surface area contributed by atoms with Gasteiger partial charge in [-0.1, -0.05) is 0 Å². The third-order valence-electron chi connectivity index (χ3n) is 3.45. The van der Waals surface area contributed by atoms with Crippen molar-refractivity contribution >= 4 is 11.8 Å². The van der Waals surface area contributed by atoms with Crippen molar-refractivity contribution in [2.75, 3.05) is 12.8 Å². The molecule has 0 saturated carbocycles. The van der Waals surface area contributed by atoms with Crippen LogP contribution in [0.5, 0.6) is 0 Å². The second kappa shape index (κ2) is 5.99. The number of carbonyl (C=O) groups excluding carboxylic acids is 1. The van der Waals surface area contributed by atoms with E-state index in [-0.39, 0.29) is 22.6 Å². The van der Waals surface area contributed by atoms with Crippen LogP contribution in [0.3, 0.4) is 0 Å². The highest BCUT2D eigenvalue weighted by Crippen LogP contribution is 2.32. The van der Waals surface area contributed by atoms with E-state index < -0.39 is 28.8 Å². The molecule has 0 atom stereocenters. The molecule has 24 heavy (non-hydrogen) atoms. The quantitative estimate of drug-likeness (QED) is 0.847. The van der Waals surface area contributed by atoms with E-state index in [1.165, 1.54) is 13.8 Å². The third-order valence-corrected chi connectivity index (χ3v) is 3.45. The number of rotatable bonds is 2. The van der Waals surface area contributed by atoms with Crippen molar-refractivity contribution in [3.63, 3.8) is 0 Å². The van der Waals surface area contributed by atoms with Gasteiger partial charge in [-0.2, -0.15) is 13.2 Å². The summed E-state index contributed by atoms with van der Waals surface area (Å²) in [4.78, 5) is 27.9. The second-order valence-electron chi connectivity index (χ2n) is 5.13. The molecule has 0 saturated heterocycles. The number of alkyl halides is 3. The summed E-state index contributed by atoms with van der Waals surface area (Å²) in [5, 5.41) is 0. The minimum absolute atomic E-state index is 0.200. The lowest BCUT2D eigenvalue weighted by Crippen LogP contribution is -2.29. The third kappa shape index (κ3) is 2.97. The largest absolute Gasteiger partial charge is 0.465 e. The molecule has 0 aliphatic rings. The highest BCUT2D eigenvalue weighted by molar-refractivity contribution is 5.93. The van der Waals surface area contributed by atoms with Gasteiger partial charge >= 0.3 is 12.1 Å². The number of carbonyl (C=O) groups is 1. The Kier molecular flexibility index (Phi) is 4.37. The molecule has 0 spiro atoms. The van der Waals surface area contributed by atoms with Crippen LogP contribution in [-0.4, -0.2) is 22.6 Å². The normalized spacial score (nSPS) is 11.4. The maximum absolute atomic E-state index is 12.9. The first-order valence-electron chi connectivity index (χ1n) is 6.72. The first-order valence-corrected chi connectivity index (χ1v) is 6.72. The summed E-state index contributed by atoms with van der Waals surface area (Å²) in [5.41, 5.74) is 4.01. The molecule has 1 heterocycles. The van der Waals surface area contributed by atoms with Crippen LogP contribution in [0.15, 0.2) is 23.3 Å². The van der Waals surface area contributed by atoms with E-state index in [4.69, 9.17) is 5.73 Å². The van der Waals surface area contributed by atoms with E-state index in [1.54, 1.807) is 0 Å². The summed E-state index contributed by atoms with van der Waals surface area (Å²) >= 11 is 0. The van der Waals surface area contributed by atoms with Gasteiger partial charge in [-0.25, -0.2) is 9.78 Å². The van der Waals surface area contributed by atoms with E-state index in [2.05, 4.69) is 9.72 Å². The molecule has 2 aromatic rings. The summed E-state index contributed by atoms with van der Waals surface area (Å²) in [7, 11) is 1.08. The fourth-order valence-electron chi connectivity index (χ4n) is 2.42. The van der Waals surface area contributed by atoms with E-state index >= 15 is 0 Å². The maximum Gasteiger partial charge on any atom is 0.416 e. The van der Waals surface area contributed by atoms with Crippen LogP contribution in [0.25, 0.3) is 5.69 Å². The van der Waals surface area contributed by atoms with Gasteiger partial charge < -0.3 is 10.5 Å². The van der Waals surface area contributed by atoms with Gasteiger partial charge in [0.05, 0.1) is 18.4 Å². The van der Waals surface area contributed by atoms with Gasteiger partial charge in [0.1, 0.15) is 12.1 Å². The van der Waals surface area contributed by atoms with E-state index in [0.717, 1.165) is 30.1 Å². The Morgan fingerprint density at radius 2 is 1.79 bits per heavy atom. The molecule has 0 radical (unpaired) electrons. The van der Waals surface area contributed by atoms with Crippen molar-refractivity contribution in [1.82, 2.24) is 9.55 Å². The zero-order chi connectivity index (χ0) is 18.2. The number of nitrogens with two attached hydrogens (primary N) is 1. The summed E-state index contributed by atoms with van der Waals surface area (Å²) in [6, 6.07) is 1.84. The second-order valence-corrected chi connectivity index (χ2v) is 5.13. The van der Waals surface area contributed by atoms with Crippen molar-refractivity contribution in [3.05, 3.63) is 51.1 Å². The Labute approximate surface area is 134 Å². The molecule has 0 aliphatic carbocycles. The number of hydrogen-bond acceptors (Lipinski definition) is 5. The number of nitrogen functional groups attached to an aromatic ring is 1. The van der Waals surface area contributed by atoms with Crippen LogP contribution in [0.2, 0.25) is 0 Å². The van der Waals surface area contributed by atoms with E-state index in [0.29, 0.717) is 0 Å². The molecule has 128 valence electrons. The fourth-order valence-corrected chi connectivity index (χ4v) is 2.42. The van der Waals surface area contributed by atoms with Crippen LogP contribution in [0.4, 0.5) is 19.0 Å². The Hall–Kier alpha value is -2.84. The van der Waals surface area contributed by atoms with Gasteiger partial charge in [0.15, 0.2) is 5.56 Å². The average molecular weight is 341 g/mol. The van der Waals surface area contributed by atoms with Crippen molar-refractivity contribution in [2.45, 2.75) is 20.0 Å². The number of aryl methyl sites for hydroxylation is 2. The number of anilines is 1. The molecule has 2 N–H and O–H groups in total. The van der Waals surface area contributed by atoms with Gasteiger partial charge in [-0.05, 0) is 37.1 Å². The standard InChI is InChI=1S/C15H14F3N3O3/c1-7-4-9(15(16,17)18)5-8(2)11(7)21-6-20-12(19)10(13(21)22)14(23)24-3/h4-6H,19H2,1-3H3. The van der Waals surface area contributed by atoms with Gasteiger partial charge in [0, 0.05) is 0 Å². The van der Waals surface area contributed by atoms with Crippen LogP contribution in [0, 0.1) is 13.8 Å². The summed E-state index contributed by atoms with van der Waals surface area (Å²) in [6.07, 6.45) is -3.44. The molecule has 1 aromatic heterocycles. The number of benzene rings is 1. The molecular weight excluding hydrogens is 327 g/mol. The smallest absolute Gasteiger partial charge is 0.416 e. The molecule has 0 amide bonds. The van der Waals surface area contributed by atoms with Gasteiger partial charge in [0.2, 0.25) is 0 Å². The predicted molar refractivity (Wildman–Crippen MR) is 80.1 cm³/mol. The summed E-state index contributed by atoms with van der Waals surface area (Å²) < 4.78 is 44.1. The molecule has 9 heteroatoms. The first kappa shape index (κ1) is 17.5. The zero-order valence-electron chi connectivity index (χ0n) is 13.1. The van der Waals surface area contributed by atoms with Crippen molar-refractivity contribution in [3.8, 4) is 5.69 Å². The van der Waals surface area contributed by atoms with Crippen molar-refractivity contribution in [1.29, 1.82) is 0 Å². The van der Waals surface area contributed by atoms with E-state index in [1.807, 2.05) is 0 Å². The molecule has 6 nitrogen and oxygen atoms in total. The van der Waals surface area contributed by atoms with Gasteiger partial charge in [-0.3, -0.25) is 9.36 Å². The Bertz CT molecular complexity index is 849. The average Bonchev–Trinajstić information content (AvgIpc) is 2.47. The lowest BCUT2D eigenvalue weighted by molar-refractivity contribution is -0.137. The lowest BCUT2D eigenvalue weighted by Gasteiger charge is -2.16. The Morgan fingerprint density at radius 1 is 1.25 bits per heavy atom. The van der Waals surface area contributed by atoms with E-state index in [9.17, 15) is 22.8 Å². The van der Waals surface area contributed by atoms with Crippen LogP contribution in [-0.2, 0) is 10.9 Å². The topological polar surface area (TPSA) is 87.2 Å². The fraction of sp³-hybridized carbons (Fsp3) is 0.267.